The Labute approximate surface area is 264 Å². The van der Waals surface area contributed by atoms with E-state index < -0.39 is 0 Å². The minimum atomic E-state index is -0.129. The maximum absolute atomic E-state index is 13.3. The van der Waals surface area contributed by atoms with Crippen LogP contribution >= 0.6 is 0 Å². The van der Waals surface area contributed by atoms with Gasteiger partial charge in [-0.25, -0.2) is 4.98 Å². The largest absolute Gasteiger partial charge is 0.486 e. The van der Waals surface area contributed by atoms with Crippen molar-refractivity contribution in [1.29, 1.82) is 0 Å². The standard InChI is InChI=1S/C35H42N6O4/c1-23-30(10-11-31-33(23)45-18-17-44-31)35(43)38-26-19-28-8-9-29(20-26)41(28)32-12-5-25(22-36-32)34(42)37-21-24-3-6-27(7-4-24)40-15-13-39(2)14-16-40/h3-7,10-12,22,26,28-29H,8-9,13-21H2,1-2H3,(H,37,42)(H,38,43)/t26?,28-,29+. The third-order valence-corrected chi connectivity index (χ3v) is 9.80. The quantitative estimate of drug-likeness (QED) is 0.417. The number of rotatable bonds is 7. The lowest BCUT2D eigenvalue weighted by molar-refractivity contribution is 0.0922. The van der Waals surface area contributed by atoms with Crippen molar-refractivity contribution >= 4 is 23.3 Å². The van der Waals surface area contributed by atoms with Gasteiger partial charge in [0.05, 0.1) is 5.56 Å². The molecule has 10 nitrogen and oxygen atoms in total. The van der Waals surface area contributed by atoms with E-state index >= 15 is 0 Å². The minimum Gasteiger partial charge on any atom is -0.486 e. The molecule has 1 aromatic heterocycles. The number of nitrogens with zero attached hydrogens (tertiary/aromatic N) is 4. The van der Waals surface area contributed by atoms with Gasteiger partial charge in [-0.3, -0.25) is 9.59 Å². The molecular weight excluding hydrogens is 568 g/mol. The van der Waals surface area contributed by atoms with Crippen LogP contribution in [0, 0.1) is 6.92 Å². The summed E-state index contributed by atoms with van der Waals surface area (Å²) in [5, 5.41) is 6.33. The average molecular weight is 611 g/mol. The molecule has 2 bridgehead atoms. The zero-order chi connectivity index (χ0) is 30.9. The average Bonchev–Trinajstić information content (AvgIpc) is 3.34. The highest BCUT2D eigenvalue weighted by atomic mass is 16.6. The molecule has 3 atom stereocenters. The van der Waals surface area contributed by atoms with Crippen LogP contribution in [-0.2, 0) is 6.54 Å². The Morgan fingerprint density at radius 1 is 0.889 bits per heavy atom. The molecule has 4 aliphatic rings. The summed E-state index contributed by atoms with van der Waals surface area (Å²) in [6.45, 7) is 7.62. The first kappa shape index (κ1) is 29.4. The van der Waals surface area contributed by atoms with Crippen LogP contribution in [0.2, 0.25) is 0 Å². The highest BCUT2D eigenvalue weighted by molar-refractivity contribution is 5.97. The van der Waals surface area contributed by atoms with E-state index in [9.17, 15) is 9.59 Å². The Kier molecular flexibility index (Phi) is 8.23. The number of amides is 2. The number of ether oxygens (including phenoxy) is 2. The normalized spacial score (nSPS) is 22.7. The fraction of sp³-hybridized carbons (Fsp3) is 0.457. The number of carbonyl (C=O) groups is 2. The Morgan fingerprint density at radius 2 is 1.62 bits per heavy atom. The smallest absolute Gasteiger partial charge is 0.253 e. The number of likely N-dealkylation sites (N-methyl/N-ethyl adjacent to an activating group) is 1. The Balaban J connectivity index is 0.922. The van der Waals surface area contributed by atoms with Gasteiger partial charge < -0.3 is 34.8 Å². The molecule has 0 radical (unpaired) electrons. The number of aromatic nitrogens is 1. The first-order chi connectivity index (χ1) is 21.9. The number of piperazine rings is 1. The van der Waals surface area contributed by atoms with Gasteiger partial charge in [-0.2, -0.15) is 0 Å². The van der Waals surface area contributed by atoms with Crippen molar-refractivity contribution in [3.8, 4) is 11.5 Å². The molecule has 0 aliphatic carbocycles. The number of benzene rings is 2. The topological polar surface area (TPSA) is 99.3 Å². The molecule has 236 valence electrons. The zero-order valence-corrected chi connectivity index (χ0v) is 26.1. The number of hydrogen-bond acceptors (Lipinski definition) is 8. The van der Waals surface area contributed by atoms with Gasteiger partial charge in [0, 0.05) is 73.9 Å². The summed E-state index contributed by atoms with van der Waals surface area (Å²) < 4.78 is 11.4. The first-order valence-electron chi connectivity index (χ1n) is 16.2. The summed E-state index contributed by atoms with van der Waals surface area (Å²) >= 11 is 0. The number of fused-ring (bicyclic) bond motifs is 3. The molecule has 0 spiro atoms. The Morgan fingerprint density at radius 3 is 2.33 bits per heavy atom. The predicted octanol–water partition coefficient (Wildman–Crippen LogP) is 3.77. The summed E-state index contributed by atoms with van der Waals surface area (Å²) in [6, 6.07) is 16.7. The molecule has 3 fully saturated rings. The molecule has 4 aliphatic heterocycles. The second kappa shape index (κ2) is 12.6. The zero-order valence-electron chi connectivity index (χ0n) is 26.1. The molecule has 10 heteroatoms. The van der Waals surface area contributed by atoms with E-state index in [0.717, 1.165) is 68.8 Å². The highest BCUT2D eigenvalue weighted by Crippen LogP contribution is 2.39. The van der Waals surface area contributed by atoms with E-state index in [4.69, 9.17) is 14.5 Å². The van der Waals surface area contributed by atoms with E-state index in [1.165, 1.54) is 5.69 Å². The summed E-state index contributed by atoms with van der Waals surface area (Å²) in [6.07, 6.45) is 5.54. The van der Waals surface area contributed by atoms with Crippen LogP contribution < -0.4 is 29.9 Å². The highest BCUT2D eigenvalue weighted by Gasteiger charge is 2.42. The van der Waals surface area contributed by atoms with Crippen LogP contribution in [0.25, 0.3) is 0 Å². The maximum Gasteiger partial charge on any atom is 0.253 e. The van der Waals surface area contributed by atoms with Crippen molar-refractivity contribution in [1.82, 2.24) is 20.5 Å². The second-order valence-electron chi connectivity index (χ2n) is 12.7. The summed E-state index contributed by atoms with van der Waals surface area (Å²) in [5.74, 6) is 2.07. The first-order valence-corrected chi connectivity index (χ1v) is 16.2. The van der Waals surface area contributed by atoms with Crippen molar-refractivity contribution in [2.24, 2.45) is 0 Å². The Hall–Kier alpha value is -4.31. The summed E-state index contributed by atoms with van der Waals surface area (Å²) in [7, 11) is 2.16. The second-order valence-corrected chi connectivity index (χ2v) is 12.7. The predicted molar refractivity (Wildman–Crippen MR) is 174 cm³/mol. The van der Waals surface area contributed by atoms with Gasteiger partial charge in [0.15, 0.2) is 11.5 Å². The number of hydrogen-bond donors (Lipinski definition) is 2. The van der Waals surface area contributed by atoms with Gasteiger partial charge in [-0.15, -0.1) is 0 Å². The molecule has 3 saturated heterocycles. The third kappa shape index (κ3) is 6.16. The fourth-order valence-electron chi connectivity index (χ4n) is 7.28. The van der Waals surface area contributed by atoms with Crippen LogP contribution in [-0.4, -0.2) is 86.3 Å². The SMILES string of the molecule is Cc1c(C(=O)NC2C[C@H]3CC[C@@H](C2)N3c2ccc(C(=O)NCc3ccc(N4CCN(C)CC4)cc3)cn2)ccc2c1OCCO2. The minimum absolute atomic E-state index is 0.0678. The van der Waals surface area contributed by atoms with E-state index in [-0.39, 0.29) is 17.9 Å². The lowest BCUT2D eigenvalue weighted by Crippen LogP contribution is -2.50. The van der Waals surface area contributed by atoms with Crippen molar-refractivity contribution in [3.63, 3.8) is 0 Å². The van der Waals surface area contributed by atoms with Gasteiger partial charge in [0.1, 0.15) is 19.0 Å². The summed E-state index contributed by atoms with van der Waals surface area (Å²) in [5.41, 5.74) is 4.30. The third-order valence-electron chi connectivity index (χ3n) is 9.80. The van der Waals surface area contributed by atoms with Gasteiger partial charge in [0.2, 0.25) is 0 Å². The number of carbonyl (C=O) groups excluding carboxylic acids is 2. The molecule has 2 aromatic carbocycles. The van der Waals surface area contributed by atoms with Crippen LogP contribution in [0.15, 0.2) is 54.7 Å². The molecular formula is C35H42N6O4. The molecule has 2 amide bonds. The van der Waals surface area contributed by atoms with E-state index in [1.54, 1.807) is 6.20 Å². The van der Waals surface area contributed by atoms with Gasteiger partial charge in [-0.1, -0.05) is 12.1 Å². The number of anilines is 2. The van der Waals surface area contributed by atoms with Gasteiger partial charge in [0.25, 0.3) is 11.8 Å². The van der Waals surface area contributed by atoms with Crippen LogP contribution in [0.3, 0.4) is 0 Å². The molecule has 0 saturated carbocycles. The monoisotopic (exact) mass is 610 g/mol. The lowest BCUT2D eigenvalue weighted by Gasteiger charge is -2.40. The van der Waals surface area contributed by atoms with Crippen molar-refractivity contribution < 1.29 is 19.1 Å². The Bertz CT molecular complexity index is 1520. The molecule has 3 aromatic rings. The number of piperidine rings is 1. The molecule has 45 heavy (non-hydrogen) atoms. The van der Waals surface area contributed by atoms with Crippen molar-refractivity contribution in [2.45, 2.75) is 57.3 Å². The molecule has 2 N–H and O–H groups in total. The fourth-order valence-corrected chi connectivity index (χ4v) is 7.28. The van der Waals surface area contributed by atoms with E-state index in [0.29, 0.717) is 54.5 Å². The van der Waals surface area contributed by atoms with Crippen molar-refractivity contribution in [2.75, 3.05) is 56.2 Å². The summed E-state index contributed by atoms with van der Waals surface area (Å²) in [4.78, 5) is 38.1. The number of pyridine rings is 1. The maximum atomic E-state index is 13.3. The van der Waals surface area contributed by atoms with Crippen LogP contribution in [0.1, 0.15) is 57.5 Å². The molecule has 1 unspecified atom stereocenters. The van der Waals surface area contributed by atoms with E-state index in [2.05, 4.69) is 56.6 Å². The van der Waals surface area contributed by atoms with E-state index in [1.807, 2.05) is 31.2 Å². The van der Waals surface area contributed by atoms with Crippen LogP contribution in [0.5, 0.6) is 11.5 Å². The van der Waals surface area contributed by atoms with Crippen molar-refractivity contribution in [3.05, 3.63) is 77.0 Å². The van der Waals surface area contributed by atoms with Crippen LogP contribution in [0.4, 0.5) is 11.5 Å². The number of nitrogens with one attached hydrogen (secondary N) is 2. The van der Waals surface area contributed by atoms with Gasteiger partial charge >= 0.3 is 0 Å². The molecule has 7 rings (SSSR count). The lowest BCUT2D eigenvalue weighted by atomic mass is 9.96. The van der Waals surface area contributed by atoms with Gasteiger partial charge in [-0.05, 0) is 81.6 Å². The molecule has 5 heterocycles.